The van der Waals surface area contributed by atoms with E-state index in [4.69, 9.17) is 4.74 Å². The van der Waals surface area contributed by atoms with Crippen LogP contribution in [0.1, 0.15) is 17.5 Å². The van der Waals surface area contributed by atoms with Crippen LogP contribution in [-0.4, -0.2) is 31.9 Å². The Morgan fingerprint density at radius 2 is 2.28 bits per heavy atom. The molecule has 0 amide bonds. The van der Waals surface area contributed by atoms with Crippen molar-refractivity contribution in [1.82, 2.24) is 5.32 Å². The molecular weight excluding hydrogens is 246 g/mol. The van der Waals surface area contributed by atoms with Crippen LogP contribution >= 0.6 is 11.8 Å². The topological polar surface area (TPSA) is 38.3 Å². The highest BCUT2D eigenvalue weighted by atomic mass is 32.2. The van der Waals surface area contributed by atoms with Crippen molar-refractivity contribution < 1.29 is 9.53 Å². The van der Waals surface area contributed by atoms with Crippen molar-refractivity contribution in [2.45, 2.75) is 25.1 Å². The quantitative estimate of drug-likeness (QED) is 0.608. The summed E-state index contributed by atoms with van der Waals surface area (Å²) in [4.78, 5) is 11.4. The molecule has 0 aliphatic rings. The molecule has 3 nitrogen and oxygen atoms in total. The third-order valence-electron chi connectivity index (χ3n) is 2.74. The van der Waals surface area contributed by atoms with E-state index in [1.54, 1.807) is 7.05 Å². The highest BCUT2D eigenvalue weighted by molar-refractivity contribution is 7.98. The molecule has 0 aliphatic carbocycles. The normalized spacial score (nSPS) is 12.2. The molecule has 0 saturated heterocycles. The predicted molar refractivity (Wildman–Crippen MR) is 76.8 cm³/mol. The second kappa shape index (κ2) is 8.16. The summed E-state index contributed by atoms with van der Waals surface area (Å²) in [7, 11) is 3.21. The first kappa shape index (κ1) is 15.1. The molecular formula is C14H21NO2S. The van der Waals surface area contributed by atoms with Crippen LogP contribution in [0.5, 0.6) is 0 Å². The van der Waals surface area contributed by atoms with Crippen LogP contribution in [0.4, 0.5) is 0 Å². The Morgan fingerprint density at radius 3 is 2.89 bits per heavy atom. The molecule has 1 unspecified atom stereocenters. The van der Waals surface area contributed by atoms with Crippen LogP contribution in [0.3, 0.4) is 0 Å². The van der Waals surface area contributed by atoms with Crippen molar-refractivity contribution in [3.05, 3.63) is 35.4 Å². The monoisotopic (exact) mass is 267 g/mol. The molecule has 0 aliphatic heterocycles. The molecule has 1 aromatic rings. The first-order valence-corrected chi connectivity index (χ1v) is 7.21. The Labute approximate surface area is 113 Å². The predicted octanol–water partition coefficient (Wildman–Crippen LogP) is 2.38. The van der Waals surface area contributed by atoms with Gasteiger partial charge < -0.3 is 10.1 Å². The van der Waals surface area contributed by atoms with E-state index < -0.39 is 0 Å². The number of benzene rings is 1. The van der Waals surface area contributed by atoms with E-state index in [0.29, 0.717) is 0 Å². The Hall–Kier alpha value is -1.00. The van der Waals surface area contributed by atoms with Gasteiger partial charge in [0, 0.05) is 5.75 Å². The fourth-order valence-corrected chi connectivity index (χ4v) is 2.68. The van der Waals surface area contributed by atoms with Gasteiger partial charge in [-0.3, -0.25) is 4.79 Å². The van der Waals surface area contributed by atoms with E-state index in [9.17, 15) is 4.79 Å². The number of esters is 1. The summed E-state index contributed by atoms with van der Waals surface area (Å²) in [6, 6.07) is 8.32. The summed E-state index contributed by atoms with van der Waals surface area (Å²) < 4.78 is 4.72. The van der Waals surface area contributed by atoms with E-state index in [1.807, 2.05) is 11.8 Å². The highest BCUT2D eigenvalue weighted by Gasteiger charge is 2.15. The van der Waals surface area contributed by atoms with Gasteiger partial charge in [0.05, 0.1) is 7.11 Å². The van der Waals surface area contributed by atoms with Crippen molar-refractivity contribution in [3.8, 4) is 0 Å². The Balaban J connectivity index is 2.27. The smallest absolute Gasteiger partial charge is 0.322 e. The number of thioether (sulfide) groups is 1. The summed E-state index contributed by atoms with van der Waals surface area (Å²) in [5.41, 5.74) is 2.62. The Morgan fingerprint density at radius 1 is 1.50 bits per heavy atom. The van der Waals surface area contributed by atoms with Gasteiger partial charge in [-0.1, -0.05) is 29.8 Å². The second-order valence-corrected chi connectivity index (χ2v) is 5.30. The van der Waals surface area contributed by atoms with Gasteiger partial charge in [0.1, 0.15) is 6.04 Å². The van der Waals surface area contributed by atoms with Gasteiger partial charge >= 0.3 is 5.97 Å². The number of likely N-dealkylation sites (N-methyl/N-ethyl adjacent to an activating group) is 1. The average molecular weight is 267 g/mol. The molecule has 1 atom stereocenters. The second-order valence-electron chi connectivity index (χ2n) is 4.19. The summed E-state index contributed by atoms with van der Waals surface area (Å²) in [6.07, 6.45) is 0.791. The van der Waals surface area contributed by atoms with Crippen molar-refractivity contribution in [3.63, 3.8) is 0 Å². The van der Waals surface area contributed by atoms with Crippen LogP contribution < -0.4 is 5.32 Å². The number of ether oxygens (including phenoxy) is 1. The molecule has 0 bridgehead atoms. The number of hydrogen-bond acceptors (Lipinski definition) is 4. The van der Waals surface area contributed by atoms with Crippen molar-refractivity contribution >= 4 is 17.7 Å². The van der Waals surface area contributed by atoms with Gasteiger partial charge in [-0.05, 0) is 31.7 Å². The number of methoxy groups -OCH3 is 1. The molecule has 1 aromatic carbocycles. The minimum atomic E-state index is -0.194. The number of rotatable bonds is 7. The zero-order valence-electron chi connectivity index (χ0n) is 11.2. The maximum Gasteiger partial charge on any atom is 0.322 e. The van der Waals surface area contributed by atoms with E-state index in [1.165, 1.54) is 18.2 Å². The molecule has 100 valence electrons. The molecule has 0 heterocycles. The molecule has 0 spiro atoms. The lowest BCUT2D eigenvalue weighted by molar-refractivity contribution is -0.143. The number of hydrogen-bond donors (Lipinski definition) is 1. The van der Waals surface area contributed by atoms with Crippen LogP contribution in [-0.2, 0) is 15.3 Å². The SMILES string of the molecule is CNC(CCSCc1cccc(C)c1)C(=O)OC. The number of carbonyl (C=O) groups is 1. The standard InChI is InChI=1S/C14H21NO2S/c1-11-5-4-6-12(9-11)10-18-8-7-13(15-2)14(16)17-3/h4-6,9,13,15H,7-8,10H2,1-3H3. The summed E-state index contributed by atoms with van der Waals surface area (Å²) in [5.74, 6) is 1.74. The minimum absolute atomic E-state index is 0.186. The summed E-state index contributed by atoms with van der Waals surface area (Å²) in [6.45, 7) is 2.10. The lowest BCUT2D eigenvalue weighted by Gasteiger charge is -2.13. The van der Waals surface area contributed by atoms with Crippen LogP contribution in [0.2, 0.25) is 0 Å². The molecule has 0 radical (unpaired) electrons. The minimum Gasteiger partial charge on any atom is -0.468 e. The van der Waals surface area contributed by atoms with E-state index in [0.717, 1.165) is 17.9 Å². The van der Waals surface area contributed by atoms with Gasteiger partial charge in [-0.25, -0.2) is 0 Å². The maximum atomic E-state index is 11.4. The largest absolute Gasteiger partial charge is 0.468 e. The lowest BCUT2D eigenvalue weighted by atomic mass is 10.2. The zero-order chi connectivity index (χ0) is 13.4. The number of aryl methyl sites for hydroxylation is 1. The lowest BCUT2D eigenvalue weighted by Crippen LogP contribution is -2.35. The first-order valence-electron chi connectivity index (χ1n) is 6.05. The van der Waals surface area contributed by atoms with Gasteiger partial charge in [0.15, 0.2) is 0 Å². The van der Waals surface area contributed by atoms with Gasteiger partial charge in [0.2, 0.25) is 0 Å². The zero-order valence-corrected chi connectivity index (χ0v) is 12.0. The molecule has 0 saturated carbocycles. The van der Waals surface area contributed by atoms with Crippen LogP contribution in [0, 0.1) is 6.92 Å². The summed E-state index contributed by atoms with van der Waals surface area (Å²) >= 11 is 1.84. The first-order chi connectivity index (χ1) is 8.67. The van der Waals surface area contributed by atoms with E-state index in [2.05, 4.69) is 36.5 Å². The van der Waals surface area contributed by atoms with Crippen LogP contribution in [0.25, 0.3) is 0 Å². The molecule has 0 aromatic heterocycles. The van der Waals surface area contributed by atoms with Crippen molar-refractivity contribution in [2.24, 2.45) is 0 Å². The maximum absolute atomic E-state index is 11.4. The van der Waals surface area contributed by atoms with E-state index >= 15 is 0 Å². The van der Waals surface area contributed by atoms with Crippen molar-refractivity contribution in [2.75, 3.05) is 19.9 Å². The molecule has 0 fully saturated rings. The van der Waals surface area contributed by atoms with E-state index in [-0.39, 0.29) is 12.0 Å². The number of carbonyl (C=O) groups excluding carboxylic acids is 1. The molecule has 1 N–H and O–H groups in total. The molecule has 18 heavy (non-hydrogen) atoms. The van der Waals surface area contributed by atoms with Gasteiger partial charge in [-0.15, -0.1) is 0 Å². The Kier molecular flexibility index (Phi) is 6.83. The number of nitrogens with one attached hydrogen (secondary N) is 1. The average Bonchev–Trinajstić information content (AvgIpc) is 2.38. The third-order valence-corrected chi connectivity index (χ3v) is 3.80. The third kappa shape index (κ3) is 5.10. The Bertz CT molecular complexity index is 382. The van der Waals surface area contributed by atoms with Gasteiger partial charge in [0.25, 0.3) is 0 Å². The summed E-state index contributed by atoms with van der Waals surface area (Å²) in [5, 5.41) is 2.97. The molecule has 1 rings (SSSR count). The highest BCUT2D eigenvalue weighted by Crippen LogP contribution is 2.15. The van der Waals surface area contributed by atoms with Crippen molar-refractivity contribution in [1.29, 1.82) is 0 Å². The fourth-order valence-electron chi connectivity index (χ4n) is 1.72. The van der Waals surface area contributed by atoms with Gasteiger partial charge in [-0.2, -0.15) is 11.8 Å². The fraction of sp³-hybridized carbons (Fsp3) is 0.500. The van der Waals surface area contributed by atoms with Crippen LogP contribution in [0.15, 0.2) is 24.3 Å². The molecule has 4 heteroatoms.